The average Bonchev–Trinajstić information content (AvgIpc) is 2.92. The van der Waals surface area contributed by atoms with Crippen LogP contribution in [0.15, 0.2) is 71.1 Å². The molecule has 204 valence electrons. The first-order valence-electron chi connectivity index (χ1n) is 12.8. The van der Waals surface area contributed by atoms with E-state index in [0.717, 1.165) is 0 Å². The number of ketones is 2. The van der Waals surface area contributed by atoms with Crippen molar-refractivity contribution in [3.63, 3.8) is 0 Å². The zero-order valence-electron chi connectivity index (χ0n) is 21.5. The van der Waals surface area contributed by atoms with Gasteiger partial charge in [-0.2, -0.15) is 0 Å². The predicted octanol–water partition coefficient (Wildman–Crippen LogP) is 6.94. The van der Waals surface area contributed by atoms with Gasteiger partial charge in [0.05, 0.1) is 11.1 Å². The molecule has 0 radical (unpaired) electrons. The molecule has 4 aromatic rings. The number of rotatable bonds is 9. The third kappa shape index (κ3) is 4.71. The summed E-state index contributed by atoms with van der Waals surface area (Å²) in [7, 11) is 0. The molecule has 1 heterocycles. The largest absolute Gasteiger partial charge is 0.480 e. The molecule has 1 fully saturated rings. The van der Waals surface area contributed by atoms with E-state index in [2.05, 4.69) is 0 Å². The van der Waals surface area contributed by atoms with Gasteiger partial charge in [0.1, 0.15) is 22.5 Å². The molecule has 0 spiro atoms. The van der Waals surface area contributed by atoms with Gasteiger partial charge >= 0.3 is 11.9 Å². The second kappa shape index (κ2) is 10.9. The van der Waals surface area contributed by atoms with E-state index < -0.39 is 29.1 Å². The van der Waals surface area contributed by atoms with Gasteiger partial charge in [0, 0.05) is 33.3 Å². The van der Waals surface area contributed by atoms with Gasteiger partial charge in [-0.15, -0.1) is 0 Å². The van der Waals surface area contributed by atoms with Crippen molar-refractivity contribution in [3.8, 4) is 0 Å². The topological polar surface area (TPSA) is 111 Å². The van der Waals surface area contributed by atoms with Gasteiger partial charge in [-0.1, -0.05) is 66.3 Å². The number of esters is 1. The van der Waals surface area contributed by atoms with Crippen molar-refractivity contribution in [2.75, 3.05) is 6.61 Å². The fourth-order valence-electron chi connectivity index (χ4n) is 5.59. The van der Waals surface area contributed by atoms with Gasteiger partial charge in [-0.3, -0.25) is 19.2 Å². The number of hydrogen-bond acceptors (Lipinski definition) is 7. The van der Waals surface area contributed by atoms with Crippen molar-refractivity contribution in [2.24, 2.45) is 11.3 Å². The third-order valence-corrected chi connectivity index (χ3v) is 8.28. The molecule has 0 saturated heterocycles. The maximum absolute atomic E-state index is 14.2. The van der Waals surface area contributed by atoms with E-state index >= 15 is 0 Å². The van der Waals surface area contributed by atoms with Crippen LogP contribution in [-0.2, 0) is 19.1 Å². The van der Waals surface area contributed by atoms with Crippen molar-refractivity contribution in [1.82, 2.24) is 0 Å². The van der Waals surface area contributed by atoms with Crippen LogP contribution in [0.25, 0.3) is 21.9 Å². The molecule has 0 amide bonds. The van der Waals surface area contributed by atoms with Crippen molar-refractivity contribution in [2.45, 2.75) is 32.1 Å². The van der Waals surface area contributed by atoms with E-state index in [4.69, 9.17) is 33.0 Å². The van der Waals surface area contributed by atoms with Crippen LogP contribution in [0.5, 0.6) is 0 Å². The van der Waals surface area contributed by atoms with Gasteiger partial charge < -0.3 is 14.3 Å². The molecule has 7 nitrogen and oxygen atoms in total. The Bertz CT molecular complexity index is 1720. The highest BCUT2D eigenvalue weighted by atomic mass is 35.5. The van der Waals surface area contributed by atoms with Crippen molar-refractivity contribution < 1.29 is 33.4 Å². The summed E-state index contributed by atoms with van der Waals surface area (Å²) in [5.74, 6) is -5.27. The number of para-hydroxylation sites is 1. The van der Waals surface area contributed by atoms with E-state index in [9.17, 15) is 24.3 Å². The third-order valence-electron chi connectivity index (χ3n) is 7.53. The van der Waals surface area contributed by atoms with Crippen LogP contribution in [0.1, 0.15) is 48.0 Å². The van der Waals surface area contributed by atoms with E-state index in [1.807, 2.05) is 0 Å². The van der Waals surface area contributed by atoms with Crippen LogP contribution in [0.2, 0.25) is 5.02 Å². The van der Waals surface area contributed by atoms with Gasteiger partial charge in [-0.25, -0.2) is 0 Å². The zero-order valence-corrected chi connectivity index (χ0v) is 23.1. The summed E-state index contributed by atoms with van der Waals surface area (Å²) in [6.45, 7) is 1.56. The van der Waals surface area contributed by atoms with Gasteiger partial charge in [-0.05, 0) is 49.9 Å². The summed E-state index contributed by atoms with van der Waals surface area (Å²) in [4.78, 5) is 52.9. The lowest BCUT2D eigenvalue weighted by atomic mass is 9.56. The molecule has 40 heavy (non-hydrogen) atoms. The van der Waals surface area contributed by atoms with Crippen LogP contribution in [0, 0.1) is 15.8 Å². The fraction of sp³-hybridized carbons (Fsp3) is 0.258. The molecule has 0 bridgehead atoms. The minimum atomic E-state index is -1.89. The molecular weight excluding hydrogens is 552 g/mol. The Hall–Kier alpha value is -3.88. The van der Waals surface area contributed by atoms with Gasteiger partial charge in [0.2, 0.25) is 0 Å². The SMILES string of the molecule is CCOC(=O)C(C(=O)C1(C(=O)O)CC(CC(=O)c2ccccc2)C1)c1c(Cl)ccc2oc3ccccc3c(=S)c12. The van der Waals surface area contributed by atoms with Crippen LogP contribution in [-0.4, -0.2) is 35.2 Å². The maximum Gasteiger partial charge on any atom is 0.321 e. The first kappa shape index (κ1) is 27.7. The van der Waals surface area contributed by atoms with Crippen molar-refractivity contribution in [1.29, 1.82) is 0 Å². The lowest BCUT2D eigenvalue weighted by Crippen LogP contribution is -2.53. The average molecular weight is 577 g/mol. The number of carboxylic acids is 1. The van der Waals surface area contributed by atoms with Crippen LogP contribution >= 0.6 is 23.8 Å². The molecule has 1 aliphatic carbocycles. The summed E-state index contributed by atoms with van der Waals surface area (Å²) in [6, 6.07) is 18.8. The standard InChI is InChI=1S/C31H25ClO7S/c1-2-38-29(35)26(24-20(32)12-13-23-25(24)27(40)19-10-6-7-11-22(19)39-23)28(34)31(30(36)37)15-17(16-31)14-21(33)18-8-4-3-5-9-18/h3-13,17,26H,2,14-16H2,1H3,(H,36,37). The molecule has 1 aliphatic rings. The number of halogens is 1. The number of hydrogen-bond donors (Lipinski definition) is 1. The number of carboxylic acid groups (broad SMARTS) is 1. The lowest BCUT2D eigenvalue weighted by molar-refractivity contribution is -0.167. The second-order valence-electron chi connectivity index (χ2n) is 9.97. The quantitative estimate of drug-likeness (QED) is 0.0750. The molecule has 1 aromatic heterocycles. The second-order valence-corrected chi connectivity index (χ2v) is 10.8. The van der Waals surface area contributed by atoms with Gasteiger partial charge in [0.15, 0.2) is 11.6 Å². The van der Waals surface area contributed by atoms with E-state index in [-0.39, 0.29) is 53.5 Å². The molecule has 1 unspecified atom stereocenters. The molecule has 0 aliphatic heterocycles. The summed E-state index contributed by atoms with van der Waals surface area (Å²) in [6.07, 6.45) is -0.0925. The monoisotopic (exact) mass is 576 g/mol. The highest BCUT2D eigenvalue weighted by Crippen LogP contribution is 2.52. The predicted molar refractivity (Wildman–Crippen MR) is 152 cm³/mol. The van der Waals surface area contributed by atoms with E-state index in [0.29, 0.717) is 26.6 Å². The minimum Gasteiger partial charge on any atom is -0.480 e. The summed E-state index contributed by atoms with van der Waals surface area (Å²) < 4.78 is 11.6. The number of Topliss-reactive ketones (excluding diaryl/α,β-unsaturated/α-hetero) is 2. The normalized spacial score (nSPS) is 19.1. The Kier molecular flexibility index (Phi) is 7.57. The Morgan fingerprint density at radius 2 is 1.70 bits per heavy atom. The van der Waals surface area contributed by atoms with Crippen LogP contribution in [0.4, 0.5) is 0 Å². The number of carbonyl (C=O) groups excluding carboxylic acids is 3. The summed E-state index contributed by atoms with van der Waals surface area (Å²) in [5, 5.41) is 11.2. The van der Waals surface area contributed by atoms with Crippen LogP contribution in [0.3, 0.4) is 0 Å². The Morgan fingerprint density at radius 1 is 1.02 bits per heavy atom. The Morgan fingerprint density at radius 3 is 2.38 bits per heavy atom. The lowest BCUT2D eigenvalue weighted by Gasteiger charge is -2.44. The van der Waals surface area contributed by atoms with Crippen LogP contribution < -0.4 is 0 Å². The molecule has 3 aromatic carbocycles. The highest BCUT2D eigenvalue weighted by molar-refractivity contribution is 7.72. The molecule has 1 N–H and O–H groups in total. The fourth-order valence-corrected chi connectivity index (χ4v) is 6.23. The van der Waals surface area contributed by atoms with Crippen molar-refractivity contribution >= 4 is 69.3 Å². The summed E-state index contributed by atoms with van der Waals surface area (Å²) in [5.41, 5.74) is -0.497. The zero-order chi connectivity index (χ0) is 28.6. The highest BCUT2D eigenvalue weighted by Gasteiger charge is 2.59. The number of carbonyl (C=O) groups is 4. The summed E-state index contributed by atoms with van der Waals surface area (Å²) >= 11 is 12.4. The molecule has 1 atom stereocenters. The first-order chi connectivity index (χ1) is 19.2. The molecule has 9 heteroatoms. The first-order valence-corrected chi connectivity index (χ1v) is 13.6. The Labute approximate surface area is 239 Å². The minimum absolute atomic E-state index is 0.0344. The number of fused-ring (bicyclic) bond motifs is 2. The van der Waals surface area contributed by atoms with E-state index in [1.54, 1.807) is 67.6 Å². The number of ether oxygens (including phenoxy) is 1. The van der Waals surface area contributed by atoms with Crippen molar-refractivity contribution in [3.05, 3.63) is 87.4 Å². The molecule has 1 saturated carbocycles. The van der Waals surface area contributed by atoms with E-state index in [1.165, 1.54) is 6.07 Å². The Balaban J connectivity index is 1.58. The number of aliphatic carboxylic acids is 1. The van der Waals surface area contributed by atoms with Gasteiger partial charge in [0.25, 0.3) is 0 Å². The smallest absolute Gasteiger partial charge is 0.321 e. The maximum atomic E-state index is 14.2. The molecule has 5 rings (SSSR count). The molecular formula is C31H25ClO7S. The number of benzene rings is 3.